The summed E-state index contributed by atoms with van der Waals surface area (Å²) < 4.78 is 5.69. The van der Waals surface area contributed by atoms with E-state index in [4.69, 9.17) is 4.42 Å². The van der Waals surface area contributed by atoms with Crippen LogP contribution < -0.4 is 0 Å². The van der Waals surface area contributed by atoms with Crippen molar-refractivity contribution >= 4 is 17.2 Å². The number of hydrogen-bond donors (Lipinski definition) is 0. The van der Waals surface area contributed by atoms with Crippen molar-refractivity contribution in [2.75, 3.05) is 13.1 Å². The standard InChI is InChI=1S/C15H20N4O2S/c1-10(2)5-13-17-18-14(21-13)6-11-3-4-19(7-11)15(20)12-8-22-9-16-12/h8-11H,3-7H2,1-2H3/t11-/m1/s1. The van der Waals surface area contributed by atoms with E-state index in [1.54, 1.807) is 10.9 Å². The Morgan fingerprint density at radius 1 is 1.45 bits per heavy atom. The van der Waals surface area contributed by atoms with Gasteiger partial charge < -0.3 is 9.32 Å². The minimum atomic E-state index is 0.0229. The van der Waals surface area contributed by atoms with Crippen LogP contribution >= 0.6 is 11.3 Å². The zero-order chi connectivity index (χ0) is 15.5. The van der Waals surface area contributed by atoms with E-state index in [9.17, 15) is 4.79 Å². The van der Waals surface area contributed by atoms with Gasteiger partial charge in [0.25, 0.3) is 5.91 Å². The Labute approximate surface area is 133 Å². The minimum Gasteiger partial charge on any atom is -0.425 e. The van der Waals surface area contributed by atoms with Crippen molar-refractivity contribution < 1.29 is 9.21 Å². The summed E-state index contributed by atoms with van der Waals surface area (Å²) in [7, 11) is 0. The molecule has 1 amide bonds. The van der Waals surface area contributed by atoms with E-state index >= 15 is 0 Å². The van der Waals surface area contributed by atoms with Gasteiger partial charge in [0.2, 0.25) is 11.8 Å². The number of thiazole rings is 1. The first-order chi connectivity index (χ1) is 10.6. The number of carbonyl (C=O) groups excluding carboxylic acids is 1. The van der Waals surface area contributed by atoms with Gasteiger partial charge >= 0.3 is 0 Å². The molecule has 0 N–H and O–H groups in total. The van der Waals surface area contributed by atoms with Crippen LogP contribution in [0.25, 0.3) is 0 Å². The summed E-state index contributed by atoms with van der Waals surface area (Å²) in [6, 6.07) is 0. The Kier molecular flexibility index (Phi) is 4.52. The zero-order valence-electron chi connectivity index (χ0n) is 12.9. The molecule has 1 aliphatic heterocycles. The highest BCUT2D eigenvalue weighted by Crippen LogP contribution is 2.22. The van der Waals surface area contributed by atoms with Crippen LogP contribution in [0.2, 0.25) is 0 Å². The van der Waals surface area contributed by atoms with Crippen molar-refractivity contribution in [2.45, 2.75) is 33.1 Å². The fourth-order valence-corrected chi connectivity index (χ4v) is 3.24. The van der Waals surface area contributed by atoms with Crippen molar-refractivity contribution in [3.63, 3.8) is 0 Å². The predicted octanol–water partition coefficient (Wildman–Crippen LogP) is 2.43. The van der Waals surface area contributed by atoms with Crippen LogP contribution in [0.15, 0.2) is 15.3 Å². The SMILES string of the molecule is CC(C)Cc1nnc(C[C@H]2CCN(C(=O)c3cscn3)C2)o1. The fraction of sp³-hybridized carbons (Fsp3) is 0.600. The molecule has 3 heterocycles. The molecule has 6 nitrogen and oxygen atoms in total. The molecule has 1 aliphatic rings. The summed E-state index contributed by atoms with van der Waals surface area (Å²) in [5.74, 6) is 2.30. The highest BCUT2D eigenvalue weighted by molar-refractivity contribution is 7.07. The van der Waals surface area contributed by atoms with Gasteiger partial charge in [0, 0.05) is 31.3 Å². The predicted molar refractivity (Wildman–Crippen MR) is 82.7 cm³/mol. The Bertz CT molecular complexity index is 623. The molecule has 7 heteroatoms. The molecule has 3 rings (SSSR count). The summed E-state index contributed by atoms with van der Waals surface area (Å²) >= 11 is 1.45. The van der Waals surface area contributed by atoms with Crippen molar-refractivity contribution in [2.24, 2.45) is 11.8 Å². The summed E-state index contributed by atoms with van der Waals surface area (Å²) in [5.41, 5.74) is 2.23. The van der Waals surface area contributed by atoms with E-state index in [1.165, 1.54) is 11.3 Å². The molecular weight excluding hydrogens is 300 g/mol. The molecule has 1 atom stereocenters. The maximum atomic E-state index is 12.3. The largest absolute Gasteiger partial charge is 0.425 e. The average molecular weight is 320 g/mol. The van der Waals surface area contributed by atoms with Crippen molar-refractivity contribution in [1.29, 1.82) is 0 Å². The third-order valence-corrected chi connectivity index (χ3v) is 4.37. The second-order valence-corrected chi connectivity index (χ2v) is 6.89. The third kappa shape index (κ3) is 3.52. The van der Waals surface area contributed by atoms with Gasteiger partial charge in [-0.2, -0.15) is 0 Å². The van der Waals surface area contributed by atoms with E-state index in [0.717, 1.165) is 32.4 Å². The first-order valence-electron chi connectivity index (χ1n) is 7.60. The molecule has 2 aromatic heterocycles. The first-order valence-corrected chi connectivity index (χ1v) is 8.55. The van der Waals surface area contributed by atoms with E-state index in [1.807, 2.05) is 4.90 Å². The van der Waals surface area contributed by atoms with Gasteiger partial charge in [0.15, 0.2) is 0 Å². The lowest BCUT2D eigenvalue weighted by atomic mass is 10.1. The topological polar surface area (TPSA) is 72.1 Å². The summed E-state index contributed by atoms with van der Waals surface area (Å²) in [6.45, 7) is 5.76. The summed E-state index contributed by atoms with van der Waals surface area (Å²) in [6.07, 6.45) is 2.52. The maximum Gasteiger partial charge on any atom is 0.273 e. The number of aromatic nitrogens is 3. The molecular formula is C15H20N4O2S. The van der Waals surface area contributed by atoms with Gasteiger partial charge in [-0.25, -0.2) is 4.98 Å². The van der Waals surface area contributed by atoms with Crippen LogP contribution in [0.1, 0.15) is 42.5 Å². The fourth-order valence-electron chi connectivity index (χ4n) is 2.71. The van der Waals surface area contributed by atoms with Crippen LogP contribution in [-0.2, 0) is 12.8 Å². The highest BCUT2D eigenvalue weighted by Gasteiger charge is 2.29. The van der Waals surface area contributed by atoms with Gasteiger partial charge in [-0.3, -0.25) is 4.79 Å². The number of rotatable bonds is 5. The second-order valence-electron chi connectivity index (χ2n) is 6.17. The van der Waals surface area contributed by atoms with Gasteiger partial charge in [-0.1, -0.05) is 13.8 Å². The third-order valence-electron chi connectivity index (χ3n) is 3.78. The number of nitrogens with zero attached hydrogens (tertiary/aromatic N) is 4. The van der Waals surface area contributed by atoms with E-state index in [-0.39, 0.29) is 5.91 Å². The summed E-state index contributed by atoms with van der Waals surface area (Å²) in [5, 5.41) is 10.0. The van der Waals surface area contributed by atoms with Crippen LogP contribution in [0.5, 0.6) is 0 Å². The van der Waals surface area contributed by atoms with Gasteiger partial charge in [0.05, 0.1) is 5.51 Å². The van der Waals surface area contributed by atoms with Gasteiger partial charge in [-0.05, 0) is 18.3 Å². The Balaban J connectivity index is 1.54. The monoisotopic (exact) mass is 320 g/mol. The average Bonchev–Trinajstić information content (AvgIpc) is 3.19. The van der Waals surface area contributed by atoms with Crippen molar-refractivity contribution in [3.8, 4) is 0 Å². The van der Waals surface area contributed by atoms with E-state index < -0.39 is 0 Å². The quantitative estimate of drug-likeness (QED) is 0.846. The van der Waals surface area contributed by atoms with E-state index in [0.29, 0.717) is 29.3 Å². The number of likely N-dealkylation sites (tertiary alicyclic amines) is 1. The normalized spacial score (nSPS) is 18.3. The molecule has 0 aliphatic carbocycles. The number of carbonyl (C=O) groups is 1. The molecule has 118 valence electrons. The molecule has 0 saturated carbocycles. The van der Waals surface area contributed by atoms with Crippen LogP contribution in [0.3, 0.4) is 0 Å². The van der Waals surface area contributed by atoms with Crippen LogP contribution in [0.4, 0.5) is 0 Å². The highest BCUT2D eigenvalue weighted by atomic mass is 32.1. The molecule has 0 radical (unpaired) electrons. The number of amides is 1. The molecule has 0 bridgehead atoms. The smallest absolute Gasteiger partial charge is 0.273 e. The molecule has 22 heavy (non-hydrogen) atoms. The lowest BCUT2D eigenvalue weighted by Gasteiger charge is -2.14. The lowest BCUT2D eigenvalue weighted by molar-refractivity contribution is 0.0781. The molecule has 0 unspecified atom stereocenters. The minimum absolute atomic E-state index is 0.0229. The van der Waals surface area contributed by atoms with Gasteiger partial charge in [-0.15, -0.1) is 21.5 Å². The molecule has 1 fully saturated rings. The Morgan fingerprint density at radius 2 is 2.27 bits per heavy atom. The first kappa shape index (κ1) is 15.1. The van der Waals surface area contributed by atoms with Crippen LogP contribution in [-0.4, -0.2) is 39.1 Å². The Hall–Kier alpha value is -1.76. The maximum absolute atomic E-state index is 12.3. The van der Waals surface area contributed by atoms with E-state index in [2.05, 4.69) is 29.0 Å². The second kappa shape index (κ2) is 6.56. The molecule has 0 spiro atoms. The molecule has 2 aromatic rings. The van der Waals surface area contributed by atoms with Crippen LogP contribution in [0, 0.1) is 11.8 Å². The van der Waals surface area contributed by atoms with Crippen molar-refractivity contribution in [1.82, 2.24) is 20.1 Å². The summed E-state index contributed by atoms with van der Waals surface area (Å²) in [4.78, 5) is 18.2. The molecule has 0 aromatic carbocycles. The molecule has 1 saturated heterocycles. The lowest BCUT2D eigenvalue weighted by Crippen LogP contribution is -2.29. The Morgan fingerprint density at radius 3 is 3.00 bits per heavy atom. The van der Waals surface area contributed by atoms with Crippen molar-refractivity contribution in [3.05, 3.63) is 28.4 Å². The zero-order valence-corrected chi connectivity index (χ0v) is 13.7. The van der Waals surface area contributed by atoms with Gasteiger partial charge in [0.1, 0.15) is 5.69 Å². The number of hydrogen-bond acceptors (Lipinski definition) is 6.